The maximum absolute atomic E-state index is 12.5. The second kappa shape index (κ2) is 9.15. The second-order valence-corrected chi connectivity index (χ2v) is 6.88. The molecule has 2 atom stereocenters. The molecule has 8 nitrogen and oxygen atoms in total. The van der Waals surface area contributed by atoms with E-state index in [1.54, 1.807) is 24.7 Å². The van der Waals surface area contributed by atoms with E-state index in [1.165, 1.54) is 7.11 Å². The quantitative estimate of drug-likeness (QED) is 0.710. The lowest BCUT2D eigenvalue weighted by molar-refractivity contribution is -0.146. The fourth-order valence-electron chi connectivity index (χ4n) is 3.36. The molecule has 2 heterocycles. The minimum Gasteiger partial charge on any atom is -0.469 e. The summed E-state index contributed by atoms with van der Waals surface area (Å²) in [7, 11) is 1.37. The van der Waals surface area contributed by atoms with Crippen LogP contribution in [0.2, 0.25) is 0 Å². The van der Waals surface area contributed by atoms with Crippen LogP contribution < -0.4 is 10.6 Å². The zero-order valence-electron chi connectivity index (χ0n) is 15.7. The molecule has 1 fully saturated rings. The molecule has 0 radical (unpaired) electrons. The smallest absolute Gasteiger partial charge is 0.310 e. The van der Waals surface area contributed by atoms with Gasteiger partial charge in [0.2, 0.25) is 5.91 Å². The van der Waals surface area contributed by atoms with E-state index in [1.807, 2.05) is 16.7 Å². The standard InChI is InChI=1S/C20H23N5O3/c1-28-20(27)16-6-17(10-22-9-16)24-19(26)7-18-11-23-13-25(18)12-15-4-2-14(8-21)3-5-15/h2-5,11,13,16-17,22H,6-7,9-10,12H2,1H3,(H,24,26)/t16-,17+/m0/s1. The van der Waals surface area contributed by atoms with Crippen LogP contribution in [0.25, 0.3) is 0 Å². The Labute approximate surface area is 163 Å². The number of amides is 1. The molecule has 0 aliphatic carbocycles. The van der Waals surface area contributed by atoms with Gasteiger partial charge in [-0.3, -0.25) is 9.59 Å². The maximum Gasteiger partial charge on any atom is 0.310 e. The van der Waals surface area contributed by atoms with Crippen LogP contribution in [0.1, 0.15) is 23.2 Å². The fraction of sp³-hybridized carbons (Fsp3) is 0.400. The number of carbonyl (C=O) groups is 2. The molecule has 0 unspecified atom stereocenters. The van der Waals surface area contributed by atoms with Gasteiger partial charge in [-0.2, -0.15) is 5.26 Å². The van der Waals surface area contributed by atoms with Crippen molar-refractivity contribution < 1.29 is 14.3 Å². The molecule has 0 saturated carbocycles. The summed E-state index contributed by atoms with van der Waals surface area (Å²) in [4.78, 5) is 28.3. The average Bonchev–Trinajstić information content (AvgIpc) is 3.14. The van der Waals surface area contributed by atoms with E-state index in [2.05, 4.69) is 21.7 Å². The van der Waals surface area contributed by atoms with Crippen molar-refractivity contribution in [3.63, 3.8) is 0 Å². The summed E-state index contributed by atoms with van der Waals surface area (Å²) in [6.45, 7) is 1.77. The third-order valence-electron chi connectivity index (χ3n) is 4.83. The lowest BCUT2D eigenvalue weighted by atomic mass is 9.95. The minimum absolute atomic E-state index is 0.111. The van der Waals surface area contributed by atoms with Crippen molar-refractivity contribution in [3.8, 4) is 6.07 Å². The Balaban J connectivity index is 1.57. The highest BCUT2D eigenvalue weighted by molar-refractivity contribution is 5.78. The van der Waals surface area contributed by atoms with E-state index in [-0.39, 0.29) is 30.3 Å². The zero-order chi connectivity index (χ0) is 19.9. The van der Waals surface area contributed by atoms with Crippen LogP contribution in [0.4, 0.5) is 0 Å². The number of imidazole rings is 1. The molecule has 1 aromatic heterocycles. The molecule has 3 rings (SSSR count). The van der Waals surface area contributed by atoms with Crippen LogP contribution >= 0.6 is 0 Å². The van der Waals surface area contributed by atoms with E-state index in [0.29, 0.717) is 31.6 Å². The van der Waals surface area contributed by atoms with Crippen LogP contribution in [0.15, 0.2) is 36.8 Å². The van der Waals surface area contributed by atoms with Gasteiger partial charge < -0.3 is 19.9 Å². The Kier molecular flexibility index (Phi) is 6.40. The van der Waals surface area contributed by atoms with Crippen molar-refractivity contribution in [1.29, 1.82) is 5.26 Å². The topological polar surface area (TPSA) is 109 Å². The van der Waals surface area contributed by atoms with Crippen molar-refractivity contribution in [1.82, 2.24) is 20.2 Å². The molecular weight excluding hydrogens is 358 g/mol. The lowest BCUT2D eigenvalue weighted by Crippen LogP contribution is -2.51. The summed E-state index contributed by atoms with van der Waals surface area (Å²) in [5.41, 5.74) is 2.44. The molecule has 8 heteroatoms. The first-order chi connectivity index (χ1) is 13.6. The SMILES string of the molecule is COC(=O)[C@@H]1CNC[C@H](NC(=O)Cc2cncn2Cc2ccc(C#N)cc2)C1. The maximum atomic E-state index is 12.5. The van der Waals surface area contributed by atoms with Gasteiger partial charge in [-0.1, -0.05) is 12.1 Å². The van der Waals surface area contributed by atoms with E-state index >= 15 is 0 Å². The van der Waals surface area contributed by atoms with Gasteiger partial charge in [0.15, 0.2) is 0 Å². The third kappa shape index (κ3) is 4.96. The van der Waals surface area contributed by atoms with Gasteiger partial charge >= 0.3 is 5.97 Å². The van der Waals surface area contributed by atoms with Gasteiger partial charge in [0.05, 0.1) is 37.4 Å². The molecule has 1 aliphatic heterocycles. The number of esters is 1. The molecule has 1 aliphatic rings. The van der Waals surface area contributed by atoms with Gasteiger partial charge in [-0.15, -0.1) is 0 Å². The van der Waals surface area contributed by atoms with E-state index in [9.17, 15) is 9.59 Å². The molecule has 2 N–H and O–H groups in total. The summed E-state index contributed by atoms with van der Waals surface area (Å²) in [6.07, 6.45) is 4.14. The Morgan fingerprint density at radius 1 is 1.36 bits per heavy atom. The summed E-state index contributed by atoms with van der Waals surface area (Å²) >= 11 is 0. The van der Waals surface area contributed by atoms with Gasteiger partial charge in [0.1, 0.15) is 0 Å². The minimum atomic E-state index is -0.257. The van der Waals surface area contributed by atoms with Crippen LogP contribution in [-0.2, 0) is 27.3 Å². The van der Waals surface area contributed by atoms with Crippen LogP contribution in [-0.4, -0.2) is 47.7 Å². The van der Waals surface area contributed by atoms with Gasteiger partial charge in [-0.25, -0.2) is 4.98 Å². The number of carbonyl (C=O) groups excluding carboxylic acids is 2. The monoisotopic (exact) mass is 381 g/mol. The van der Waals surface area contributed by atoms with Crippen molar-refractivity contribution >= 4 is 11.9 Å². The number of piperidine rings is 1. The summed E-state index contributed by atoms with van der Waals surface area (Å²) < 4.78 is 6.71. The molecule has 1 saturated heterocycles. The lowest BCUT2D eigenvalue weighted by Gasteiger charge is -2.29. The van der Waals surface area contributed by atoms with Gasteiger partial charge in [0.25, 0.3) is 0 Å². The molecule has 1 aromatic carbocycles. The summed E-state index contributed by atoms with van der Waals surface area (Å²) in [5.74, 6) is -0.614. The first-order valence-electron chi connectivity index (χ1n) is 9.15. The fourth-order valence-corrected chi connectivity index (χ4v) is 3.36. The molecule has 146 valence electrons. The number of methoxy groups -OCH3 is 1. The highest BCUT2D eigenvalue weighted by Gasteiger charge is 2.28. The van der Waals surface area contributed by atoms with Gasteiger partial charge in [-0.05, 0) is 24.1 Å². The van der Waals surface area contributed by atoms with E-state index in [4.69, 9.17) is 10.00 Å². The van der Waals surface area contributed by atoms with Gasteiger partial charge in [0, 0.05) is 37.6 Å². The zero-order valence-corrected chi connectivity index (χ0v) is 15.7. The van der Waals surface area contributed by atoms with Crippen LogP contribution in [0.3, 0.4) is 0 Å². The number of ether oxygens (including phenoxy) is 1. The van der Waals surface area contributed by atoms with E-state index in [0.717, 1.165) is 11.3 Å². The summed E-state index contributed by atoms with van der Waals surface area (Å²) in [5, 5.41) is 15.0. The first-order valence-corrected chi connectivity index (χ1v) is 9.15. The molecule has 0 spiro atoms. The highest BCUT2D eigenvalue weighted by atomic mass is 16.5. The number of aromatic nitrogens is 2. The second-order valence-electron chi connectivity index (χ2n) is 6.88. The highest BCUT2D eigenvalue weighted by Crippen LogP contribution is 2.13. The molecule has 0 bridgehead atoms. The predicted molar refractivity (Wildman–Crippen MR) is 101 cm³/mol. The number of benzene rings is 1. The van der Waals surface area contributed by atoms with Crippen molar-refractivity contribution in [2.75, 3.05) is 20.2 Å². The first kappa shape index (κ1) is 19.6. The Hall–Kier alpha value is -3.18. The normalized spacial score (nSPS) is 18.9. The number of nitriles is 1. The number of hydrogen-bond donors (Lipinski definition) is 2. The number of hydrogen-bond acceptors (Lipinski definition) is 6. The predicted octanol–water partition coefficient (Wildman–Crippen LogP) is 0.613. The van der Waals surface area contributed by atoms with Crippen molar-refractivity contribution in [3.05, 3.63) is 53.6 Å². The molecule has 28 heavy (non-hydrogen) atoms. The third-order valence-corrected chi connectivity index (χ3v) is 4.83. The number of nitrogens with zero attached hydrogens (tertiary/aromatic N) is 3. The Morgan fingerprint density at radius 2 is 2.14 bits per heavy atom. The van der Waals surface area contributed by atoms with Crippen molar-refractivity contribution in [2.24, 2.45) is 5.92 Å². The average molecular weight is 381 g/mol. The Bertz CT molecular complexity index is 869. The van der Waals surface area contributed by atoms with Crippen LogP contribution in [0, 0.1) is 17.2 Å². The molecular formula is C20H23N5O3. The summed E-state index contributed by atoms with van der Waals surface area (Å²) in [6, 6.07) is 9.31. The van der Waals surface area contributed by atoms with Crippen LogP contribution in [0.5, 0.6) is 0 Å². The number of rotatable bonds is 6. The molecule has 1 amide bonds. The van der Waals surface area contributed by atoms with E-state index < -0.39 is 0 Å². The number of nitrogens with one attached hydrogen (secondary N) is 2. The van der Waals surface area contributed by atoms with Crippen molar-refractivity contribution in [2.45, 2.75) is 25.4 Å². The largest absolute Gasteiger partial charge is 0.469 e. The Morgan fingerprint density at radius 3 is 2.86 bits per heavy atom. The molecule has 2 aromatic rings.